The highest BCUT2D eigenvalue weighted by atomic mass is 32.2. The van der Waals surface area contributed by atoms with Crippen molar-refractivity contribution in [3.63, 3.8) is 0 Å². The molecule has 0 aliphatic heterocycles. The van der Waals surface area contributed by atoms with Crippen LogP contribution in [0.4, 0.5) is 0 Å². The highest BCUT2D eigenvalue weighted by Gasteiger charge is 2.14. The van der Waals surface area contributed by atoms with E-state index in [2.05, 4.69) is 30.7 Å². The Hall–Kier alpha value is -3.07. The van der Waals surface area contributed by atoms with E-state index in [4.69, 9.17) is 0 Å². The number of thioether (sulfide) groups is 1. The van der Waals surface area contributed by atoms with Crippen LogP contribution in [-0.2, 0) is 12.8 Å². The molecule has 0 amide bonds. The van der Waals surface area contributed by atoms with Gasteiger partial charge in [-0.15, -0.1) is 15.3 Å². The standard InChI is InChI=1S/C16H14N8S/c1-23-15(12-7-9-17-10-8-12)19-20-16(23)25-11-14-18-21-22-24(14)13-5-3-2-4-6-13/h2-10H,11H2,1H3. The van der Waals surface area contributed by atoms with Gasteiger partial charge in [-0.1, -0.05) is 30.0 Å². The van der Waals surface area contributed by atoms with Crippen molar-refractivity contribution in [2.45, 2.75) is 10.9 Å². The monoisotopic (exact) mass is 350 g/mol. The SMILES string of the molecule is Cn1c(SCc2nnnn2-c2ccccc2)nnc1-c1ccncc1. The first-order valence-corrected chi connectivity index (χ1v) is 8.57. The molecule has 0 saturated heterocycles. The Bertz CT molecular complexity index is 964. The maximum atomic E-state index is 4.27. The second-order valence-electron chi connectivity index (χ2n) is 5.23. The molecular weight excluding hydrogens is 336 g/mol. The van der Waals surface area contributed by atoms with Crippen molar-refractivity contribution in [2.24, 2.45) is 7.05 Å². The van der Waals surface area contributed by atoms with E-state index in [1.54, 1.807) is 17.1 Å². The number of aromatic nitrogens is 8. The normalized spacial score (nSPS) is 10.9. The van der Waals surface area contributed by atoms with Crippen molar-refractivity contribution in [3.8, 4) is 17.1 Å². The Kier molecular flexibility index (Phi) is 4.21. The molecule has 0 N–H and O–H groups in total. The summed E-state index contributed by atoms with van der Waals surface area (Å²) in [6.07, 6.45) is 3.48. The maximum Gasteiger partial charge on any atom is 0.191 e. The lowest BCUT2D eigenvalue weighted by Gasteiger charge is -2.05. The van der Waals surface area contributed by atoms with Crippen molar-refractivity contribution in [1.29, 1.82) is 0 Å². The Morgan fingerprint density at radius 1 is 0.960 bits per heavy atom. The molecule has 1 aromatic carbocycles. The van der Waals surface area contributed by atoms with Crippen LogP contribution < -0.4 is 0 Å². The van der Waals surface area contributed by atoms with Gasteiger partial charge in [-0.05, 0) is 34.7 Å². The molecule has 0 aliphatic carbocycles. The molecule has 0 saturated carbocycles. The zero-order chi connectivity index (χ0) is 17.1. The number of hydrogen-bond acceptors (Lipinski definition) is 7. The van der Waals surface area contributed by atoms with Gasteiger partial charge in [0.05, 0.1) is 11.4 Å². The zero-order valence-electron chi connectivity index (χ0n) is 13.4. The van der Waals surface area contributed by atoms with E-state index in [9.17, 15) is 0 Å². The predicted octanol–water partition coefficient (Wildman–Crippen LogP) is 2.15. The second kappa shape index (κ2) is 6.81. The lowest BCUT2D eigenvalue weighted by atomic mass is 10.2. The first-order chi connectivity index (χ1) is 12.3. The van der Waals surface area contributed by atoms with Crippen molar-refractivity contribution in [2.75, 3.05) is 0 Å². The maximum absolute atomic E-state index is 4.27. The van der Waals surface area contributed by atoms with Crippen LogP contribution in [0.25, 0.3) is 17.1 Å². The lowest BCUT2D eigenvalue weighted by molar-refractivity contribution is 0.774. The van der Waals surface area contributed by atoms with Crippen LogP contribution >= 0.6 is 11.8 Å². The van der Waals surface area contributed by atoms with Gasteiger partial charge in [0.25, 0.3) is 0 Å². The van der Waals surface area contributed by atoms with Crippen LogP contribution in [0.3, 0.4) is 0 Å². The van der Waals surface area contributed by atoms with Gasteiger partial charge in [-0.2, -0.15) is 4.68 Å². The third kappa shape index (κ3) is 3.13. The largest absolute Gasteiger partial charge is 0.305 e. The minimum absolute atomic E-state index is 0.588. The third-order valence-electron chi connectivity index (χ3n) is 3.64. The van der Waals surface area contributed by atoms with Crippen LogP contribution in [0.15, 0.2) is 60.0 Å². The van der Waals surface area contributed by atoms with Crippen molar-refractivity contribution in [1.82, 2.24) is 40.0 Å². The molecule has 4 aromatic rings. The number of nitrogens with zero attached hydrogens (tertiary/aromatic N) is 8. The molecule has 0 bridgehead atoms. The van der Waals surface area contributed by atoms with E-state index in [-0.39, 0.29) is 0 Å². The van der Waals surface area contributed by atoms with E-state index in [1.165, 1.54) is 11.8 Å². The van der Waals surface area contributed by atoms with Crippen LogP contribution in [-0.4, -0.2) is 40.0 Å². The molecule has 0 fully saturated rings. The van der Waals surface area contributed by atoms with E-state index >= 15 is 0 Å². The van der Waals surface area contributed by atoms with Crippen LogP contribution in [0.1, 0.15) is 5.82 Å². The van der Waals surface area contributed by atoms with E-state index in [1.807, 2.05) is 54.1 Å². The average Bonchev–Trinajstić information content (AvgIpc) is 3.28. The molecule has 0 atom stereocenters. The zero-order valence-corrected chi connectivity index (χ0v) is 14.2. The number of tetrazole rings is 1. The van der Waals surface area contributed by atoms with Crippen LogP contribution in [0, 0.1) is 0 Å². The summed E-state index contributed by atoms with van der Waals surface area (Å²) in [5.41, 5.74) is 1.91. The van der Waals surface area contributed by atoms with E-state index in [0.29, 0.717) is 5.75 Å². The highest BCUT2D eigenvalue weighted by Crippen LogP contribution is 2.24. The molecule has 0 radical (unpaired) electrons. The molecule has 9 heteroatoms. The number of pyridine rings is 1. The summed E-state index contributed by atoms with van der Waals surface area (Å²) in [4.78, 5) is 4.03. The second-order valence-corrected chi connectivity index (χ2v) is 6.17. The summed E-state index contributed by atoms with van der Waals surface area (Å²) in [6.45, 7) is 0. The minimum Gasteiger partial charge on any atom is -0.305 e. The lowest BCUT2D eigenvalue weighted by Crippen LogP contribution is -2.02. The fourth-order valence-corrected chi connectivity index (χ4v) is 3.20. The van der Waals surface area contributed by atoms with Gasteiger partial charge in [0.2, 0.25) is 0 Å². The molecule has 3 aromatic heterocycles. The Morgan fingerprint density at radius 3 is 2.56 bits per heavy atom. The molecular formula is C16H14N8S. The van der Waals surface area contributed by atoms with Crippen LogP contribution in [0.5, 0.6) is 0 Å². The number of rotatable bonds is 5. The minimum atomic E-state index is 0.588. The average molecular weight is 350 g/mol. The highest BCUT2D eigenvalue weighted by molar-refractivity contribution is 7.98. The third-order valence-corrected chi connectivity index (χ3v) is 4.65. The van der Waals surface area contributed by atoms with E-state index < -0.39 is 0 Å². The first-order valence-electron chi connectivity index (χ1n) is 7.58. The van der Waals surface area contributed by atoms with Gasteiger partial charge < -0.3 is 4.57 Å². The van der Waals surface area contributed by atoms with Gasteiger partial charge in [-0.3, -0.25) is 4.98 Å². The summed E-state index contributed by atoms with van der Waals surface area (Å²) in [5.74, 6) is 2.14. The van der Waals surface area contributed by atoms with E-state index in [0.717, 1.165) is 28.1 Å². The molecule has 124 valence electrons. The molecule has 0 unspecified atom stereocenters. The molecule has 25 heavy (non-hydrogen) atoms. The summed E-state index contributed by atoms with van der Waals surface area (Å²) in [7, 11) is 1.94. The fraction of sp³-hybridized carbons (Fsp3) is 0.125. The number of hydrogen-bond donors (Lipinski definition) is 0. The van der Waals surface area contributed by atoms with Crippen molar-refractivity contribution in [3.05, 3.63) is 60.7 Å². The van der Waals surface area contributed by atoms with Gasteiger partial charge in [-0.25, -0.2) is 0 Å². The smallest absolute Gasteiger partial charge is 0.191 e. The Labute approximate surface area is 147 Å². The molecule has 0 aliphatic rings. The predicted molar refractivity (Wildman–Crippen MR) is 92.9 cm³/mol. The fourth-order valence-electron chi connectivity index (χ4n) is 2.39. The number of para-hydroxylation sites is 1. The van der Waals surface area contributed by atoms with Gasteiger partial charge >= 0.3 is 0 Å². The topological polar surface area (TPSA) is 87.2 Å². The Morgan fingerprint density at radius 2 is 1.76 bits per heavy atom. The quantitative estimate of drug-likeness (QED) is 0.510. The Balaban J connectivity index is 1.54. The van der Waals surface area contributed by atoms with Gasteiger partial charge in [0, 0.05) is 25.0 Å². The molecule has 3 heterocycles. The van der Waals surface area contributed by atoms with Crippen LogP contribution in [0.2, 0.25) is 0 Å². The van der Waals surface area contributed by atoms with Crippen molar-refractivity contribution < 1.29 is 0 Å². The summed E-state index contributed by atoms with van der Waals surface area (Å²) < 4.78 is 3.68. The summed E-state index contributed by atoms with van der Waals surface area (Å²) in [5, 5.41) is 21.3. The van der Waals surface area contributed by atoms with Crippen molar-refractivity contribution >= 4 is 11.8 Å². The molecule has 4 rings (SSSR count). The summed E-state index contributed by atoms with van der Waals surface area (Å²) in [6, 6.07) is 13.6. The number of benzene rings is 1. The summed E-state index contributed by atoms with van der Waals surface area (Å²) >= 11 is 1.54. The van der Waals surface area contributed by atoms with Gasteiger partial charge in [0.15, 0.2) is 16.8 Å². The first kappa shape index (κ1) is 15.5. The molecule has 0 spiro atoms. The molecule has 8 nitrogen and oxygen atoms in total. The van der Waals surface area contributed by atoms with Gasteiger partial charge in [0.1, 0.15) is 0 Å².